The zero-order valence-electron chi connectivity index (χ0n) is 10.9. The van der Waals surface area contributed by atoms with Crippen LogP contribution in [0.1, 0.15) is 27.7 Å². The Balaban J connectivity index is 2.82. The molecule has 0 bridgehead atoms. The van der Waals surface area contributed by atoms with Gasteiger partial charge in [0.2, 0.25) is 0 Å². The number of rotatable bonds is 3. The molecule has 0 saturated heterocycles. The Morgan fingerprint density at radius 1 is 1.50 bits per heavy atom. The van der Waals surface area contributed by atoms with E-state index in [1.807, 2.05) is 6.92 Å². The smallest absolute Gasteiger partial charge is 0.412 e. The second-order valence-corrected chi connectivity index (χ2v) is 5.38. The molecule has 0 aliphatic heterocycles. The van der Waals surface area contributed by atoms with E-state index >= 15 is 0 Å². The highest BCUT2D eigenvalue weighted by Gasteiger charge is 2.17. The van der Waals surface area contributed by atoms with Gasteiger partial charge in [-0.25, -0.2) is 9.78 Å². The maximum atomic E-state index is 11.7. The molecule has 0 unspecified atom stereocenters. The van der Waals surface area contributed by atoms with Gasteiger partial charge in [0.05, 0.1) is 18.5 Å². The molecule has 1 N–H and O–H groups in total. The van der Waals surface area contributed by atoms with E-state index in [0.717, 1.165) is 0 Å². The fourth-order valence-corrected chi connectivity index (χ4v) is 1.53. The predicted molar refractivity (Wildman–Crippen MR) is 73.0 cm³/mol. The zero-order valence-corrected chi connectivity index (χ0v) is 12.5. The molecule has 0 atom stereocenters. The molecule has 0 aliphatic rings. The van der Waals surface area contributed by atoms with Crippen molar-refractivity contribution in [2.75, 3.05) is 11.9 Å². The molecule has 0 saturated carbocycles. The standard InChI is InChI=1S/C12H17BrN2O3/c1-5-17-9-7-14-10(13)6-8(9)15-11(16)18-12(2,3)4/h6-7H,5H2,1-4H3,(H,14,15,16). The number of nitrogens with one attached hydrogen (secondary N) is 1. The summed E-state index contributed by atoms with van der Waals surface area (Å²) in [4.78, 5) is 15.7. The van der Waals surface area contributed by atoms with E-state index in [4.69, 9.17) is 9.47 Å². The molecule has 0 aliphatic carbocycles. The van der Waals surface area contributed by atoms with Crippen molar-refractivity contribution >= 4 is 27.7 Å². The molecule has 1 heterocycles. The molecule has 1 aromatic rings. The summed E-state index contributed by atoms with van der Waals surface area (Å²) in [6.45, 7) is 7.76. The Morgan fingerprint density at radius 3 is 2.72 bits per heavy atom. The van der Waals surface area contributed by atoms with Gasteiger partial charge in [-0.05, 0) is 49.7 Å². The van der Waals surface area contributed by atoms with Crippen LogP contribution in [-0.4, -0.2) is 23.3 Å². The summed E-state index contributed by atoms with van der Waals surface area (Å²) >= 11 is 3.24. The predicted octanol–water partition coefficient (Wildman–Crippen LogP) is 3.59. The minimum Gasteiger partial charge on any atom is -0.490 e. The van der Waals surface area contributed by atoms with Gasteiger partial charge in [-0.1, -0.05) is 0 Å². The summed E-state index contributed by atoms with van der Waals surface area (Å²) in [7, 11) is 0. The number of pyridine rings is 1. The number of carbonyl (C=O) groups excluding carboxylic acids is 1. The van der Waals surface area contributed by atoms with Gasteiger partial charge in [0.1, 0.15) is 10.2 Å². The summed E-state index contributed by atoms with van der Waals surface area (Å²) in [5, 5.41) is 2.64. The first kappa shape index (κ1) is 14.8. The van der Waals surface area contributed by atoms with Gasteiger partial charge in [0, 0.05) is 0 Å². The van der Waals surface area contributed by atoms with Gasteiger partial charge in [-0.15, -0.1) is 0 Å². The molecular formula is C12H17BrN2O3. The number of hydrogen-bond acceptors (Lipinski definition) is 4. The normalized spacial score (nSPS) is 10.9. The molecule has 100 valence electrons. The second-order valence-electron chi connectivity index (χ2n) is 4.56. The largest absolute Gasteiger partial charge is 0.490 e. The lowest BCUT2D eigenvalue weighted by atomic mass is 10.2. The number of ether oxygens (including phenoxy) is 2. The first-order chi connectivity index (χ1) is 8.31. The highest BCUT2D eigenvalue weighted by molar-refractivity contribution is 9.10. The fraction of sp³-hybridized carbons (Fsp3) is 0.500. The van der Waals surface area contributed by atoms with Crippen LogP contribution in [0.4, 0.5) is 10.5 Å². The van der Waals surface area contributed by atoms with Crippen molar-refractivity contribution in [3.05, 3.63) is 16.9 Å². The third kappa shape index (κ3) is 4.91. The first-order valence-corrected chi connectivity index (χ1v) is 6.39. The van der Waals surface area contributed by atoms with Crippen molar-refractivity contribution in [3.8, 4) is 5.75 Å². The van der Waals surface area contributed by atoms with Crippen molar-refractivity contribution in [2.24, 2.45) is 0 Å². The Morgan fingerprint density at radius 2 is 2.17 bits per heavy atom. The molecule has 1 rings (SSSR count). The molecule has 0 spiro atoms. The molecule has 5 nitrogen and oxygen atoms in total. The van der Waals surface area contributed by atoms with E-state index in [1.54, 1.807) is 33.0 Å². The van der Waals surface area contributed by atoms with E-state index in [0.29, 0.717) is 22.6 Å². The van der Waals surface area contributed by atoms with Gasteiger partial charge < -0.3 is 9.47 Å². The first-order valence-electron chi connectivity index (χ1n) is 5.60. The summed E-state index contributed by atoms with van der Waals surface area (Å²) in [5.41, 5.74) is -0.0203. The Labute approximate surface area is 115 Å². The lowest BCUT2D eigenvalue weighted by Crippen LogP contribution is -2.27. The number of carbonyl (C=O) groups is 1. The van der Waals surface area contributed by atoms with E-state index in [2.05, 4.69) is 26.2 Å². The van der Waals surface area contributed by atoms with Gasteiger partial charge in [-0.2, -0.15) is 0 Å². The quantitative estimate of drug-likeness (QED) is 0.866. The van der Waals surface area contributed by atoms with E-state index in [1.165, 1.54) is 0 Å². The third-order valence-corrected chi connectivity index (χ3v) is 2.20. The monoisotopic (exact) mass is 316 g/mol. The lowest BCUT2D eigenvalue weighted by molar-refractivity contribution is 0.0635. The molecule has 0 radical (unpaired) electrons. The van der Waals surface area contributed by atoms with Crippen molar-refractivity contribution in [3.63, 3.8) is 0 Å². The topological polar surface area (TPSA) is 60.5 Å². The van der Waals surface area contributed by atoms with Gasteiger partial charge in [0.25, 0.3) is 0 Å². The highest BCUT2D eigenvalue weighted by Crippen LogP contribution is 2.26. The van der Waals surface area contributed by atoms with Crippen molar-refractivity contribution in [1.29, 1.82) is 0 Å². The van der Waals surface area contributed by atoms with Crippen LogP contribution in [0.25, 0.3) is 0 Å². The molecule has 1 amide bonds. The zero-order chi connectivity index (χ0) is 13.8. The van der Waals surface area contributed by atoms with Gasteiger partial charge in [0.15, 0.2) is 5.75 Å². The SMILES string of the molecule is CCOc1cnc(Br)cc1NC(=O)OC(C)(C)C. The van der Waals surface area contributed by atoms with Crippen LogP contribution in [0.2, 0.25) is 0 Å². The van der Waals surface area contributed by atoms with Crippen LogP contribution in [0.5, 0.6) is 5.75 Å². The van der Waals surface area contributed by atoms with Gasteiger partial charge >= 0.3 is 6.09 Å². The van der Waals surface area contributed by atoms with Crippen LogP contribution in [0, 0.1) is 0 Å². The minimum atomic E-state index is -0.542. The molecule has 1 aromatic heterocycles. The summed E-state index contributed by atoms with van der Waals surface area (Å²) in [5.74, 6) is 0.506. The Hall–Kier alpha value is -1.30. The number of aromatic nitrogens is 1. The van der Waals surface area contributed by atoms with Crippen LogP contribution in [-0.2, 0) is 4.74 Å². The molecular weight excluding hydrogens is 300 g/mol. The maximum absolute atomic E-state index is 11.7. The Kier molecular flexibility index (Phi) is 4.95. The minimum absolute atomic E-state index is 0.492. The van der Waals surface area contributed by atoms with Crippen LogP contribution in [0.15, 0.2) is 16.9 Å². The number of nitrogens with zero attached hydrogens (tertiary/aromatic N) is 1. The van der Waals surface area contributed by atoms with E-state index < -0.39 is 11.7 Å². The van der Waals surface area contributed by atoms with Crippen molar-refractivity contribution in [2.45, 2.75) is 33.3 Å². The second kappa shape index (κ2) is 6.04. The summed E-state index contributed by atoms with van der Waals surface area (Å²) < 4.78 is 11.2. The van der Waals surface area contributed by atoms with E-state index in [-0.39, 0.29) is 0 Å². The van der Waals surface area contributed by atoms with E-state index in [9.17, 15) is 4.79 Å². The van der Waals surface area contributed by atoms with Gasteiger partial charge in [-0.3, -0.25) is 5.32 Å². The highest BCUT2D eigenvalue weighted by atomic mass is 79.9. The third-order valence-electron chi connectivity index (χ3n) is 1.77. The Bertz CT molecular complexity index is 430. The molecule has 0 aromatic carbocycles. The summed E-state index contributed by atoms with van der Waals surface area (Å²) in [6.07, 6.45) is 1.02. The molecule has 6 heteroatoms. The molecule has 18 heavy (non-hydrogen) atoms. The maximum Gasteiger partial charge on any atom is 0.412 e. The number of amides is 1. The number of anilines is 1. The average Bonchev–Trinajstić information content (AvgIpc) is 2.19. The average molecular weight is 317 g/mol. The van der Waals surface area contributed by atoms with Crippen molar-refractivity contribution < 1.29 is 14.3 Å². The fourth-order valence-electron chi connectivity index (χ4n) is 1.20. The van der Waals surface area contributed by atoms with Crippen LogP contribution in [0.3, 0.4) is 0 Å². The summed E-state index contributed by atoms with van der Waals surface area (Å²) in [6, 6.07) is 1.66. The lowest BCUT2D eigenvalue weighted by Gasteiger charge is -2.20. The molecule has 0 fully saturated rings. The number of halogens is 1. The van der Waals surface area contributed by atoms with Crippen LogP contribution >= 0.6 is 15.9 Å². The van der Waals surface area contributed by atoms with Crippen LogP contribution < -0.4 is 10.1 Å². The van der Waals surface area contributed by atoms with Crippen molar-refractivity contribution in [1.82, 2.24) is 4.98 Å². The number of hydrogen-bond donors (Lipinski definition) is 1.